The van der Waals surface area contributed by atoms with E-state index in [9.17, 15) is 0 Å². The molecular weight excluding hydrogens is 210 g/mol. The molecule has 3 heterocycles. The van der Waals surface area contributed by atoms with Crippen molar-refractivity contribution in [1.82, 2.24) is 5.32 Å². The van der Waals surface area contributed by atoms with Gasteiger partial charge in [0, 0.05) is 42.7 Å². The zero-order chi connectivity index (χ0) is 13.9. The molecule has 1 saturated heterocycles. The fourth-order valence-corrected chi connectivity index (χ4v) is 3.69. The molecule has 0 aliphatic carbocycles. The second kappa shape index (κ2) is 3.39. The minimum absolute atomic E-state index is 0.509. The Labute approximate surface area is 107 Å². The standard InChI is InChI=1S/C14H19N3/c1-16-7-8-17-12-5-6-15-9-11(12)10-3-2-4-13(16)14(10)17/h2-4,11-12,15H,5-9H2,1H3/t11-,12-/m0/s1/i1D3. The summed E-state index contributed by atoms with van der Waals surface area (Å²) in [5.41, 5.74) is 3.39. The molecule has 3 aliphatic heterocycles. The molecule has 17 heavy (non-hydrogen) atoms. The first kappa shape index (κ1) is 7.27. The minimum Gasteiger partial charge on any atom is -0.371 e. The summed E-state index contributed by atoms with van der Waals surface area (Å²) in [4.78, 5) is 4.05. The van der Waals surface area contributed by atoms with Crippen molar-refractivity contribution in [3.63, 3.8) is 0 Å². The van der Waals surface area contributed by atoms with Crippen molar-refractivity contribution in [3.05, 3.63) is 23.8 Å². The van der Waals surface area contributed by atoms with Crippen molar-refractivity contribution in [2.75, 3.05) is 43.0 Å². The number of fused-ring (bicyclic) bond motifs is 3. The Morgan fingerprint density at radius 2 is 2.41 bits per heavy atom. The molecule has 3 heteroatoms. The third kappa shape index (κ3) is 1.20. The van der Waals surface area contributed by atoms with Crippen molar-refractivity contribution >= 4 is 11.4 Å². The number of likely N-dealkylation sites (N-methyl/N-ethyl adjacent to an activating group) is 1. The van der Waals surface area contributed by atoms with Gasteiger partial charge in [0.05, 0.1) is 11.4 Å². The highest BCUT2D eigenvalue weighted by atomic mass is 15.3. The van der Waals surface area contributed by atoms with Gasteiger partial charge < -0.3 is 15.1 Å². The lowest BCUT2D eigenvalue weighted by molar-refractivity contribution is 0.402. The third-order valence-electron chi connectivity index (χ3n) is 4.43. The van der Waals surface area contributed by atoms with Crippen LogP contribution in [-0.2, 0) is 0 Å². The van der Waals surface area contributed by atoms with Crippen LogP contribution < -0.4 is 15.1 Å². The Bertz CT molecular complexity index is 543. The molecule has 0 bridgehead atoms. The van der Waals surface area contributed by atoms with Gasteiger partial charge in [-0.1, -0.05) is 12.1 Å². The zero-order valence-corrected chi connectivity index (χ0v) is 9.82. The largest absolute Gasteiger partial charge is 0.371 e. The van der Waals surface area contributed by atoms with Crippen molar-refractivity contribution < 1.29 is 4.11 Å². The number of hydrogen-bond donors (Lipinski definition) is 1. The van der Waals surface area contributed by atoms with E-state index in [-0.39, 0.29) is 0 Å². The highest BCUT2D eigenvalue weighted by Crippen LogP contribution is 2.49. The number of anilines is 2. The predicted octanol–water partition coefficient (Wildman–Crippen LogP) is 1.40. The molecule has 3 nitrogen and oxygen atoms in total. The van der Waals surface area contributed by atoms with Crippen LogP contribution in [0.15, 0.2) is 18.2 Å². The summed E-state index contributed by atoms with van der Waals surface area (Å²) in [6, 6.07) is 6.69. The summed E-state index contributed by atoms with van der Waals surface area (Å²) in [7, 11) is 0. The first-order chi connectivity index (χ1) is 9.57. The summed E-state index contributed by atoms with van der Waals surface area (Å²) in [5.74, 6) is 0.509. The summed E-state index contributed by atoms with van der Waals surface area (Å²) in [5, 5.41) is 3.47. The molecule has 90 valence electrons. The molecule has 2 atom stereocenters. The van der Waals surface area contributed by atoms with E-state index in [2.05, 4.69) is 16.3 Å². The number of para-hydroxylation sites is 1. The van der Waals surface area contributed by atoms with E-state index in [1.807, 2.05) is 12.1 Å². The predicted molar refractivity (Wildman–Crippen MR) is 71.1 cm³/mol. The second-order valence-electron chi connectivity index (χ2n) is 5.23. The fraction of sp³-hybridized carbons (Fsp3) is 0.571. The lowest BCUT2D eigenvalue weighted by Crippen LogP contribution is -2.48. The Kier molecular flexibility index (Phi) is 1.45. The Hall–Kier alpha value is -1.22. The topological polar surface area (TPSA) is 18.5 Å². The SMILES string of the molecule is [2H]C([2H])([2H])N1CCN2c3c(cccc31)[C@@H]1CNCC[C@@H]12. The number of hydrogen-bond acceptors (Lipinski definition) is 3. The number of nitrogens with one attached hydrogen (secondary N) is 1. The third-order valence-corrected chi connectivity index (χ3v) is 4.43. The quantitative estimate of drug-likeness (QED) is 0.729. The molecule has 1 aromatic rings. The van der Waals surface area contributed by atoms with Crippen LogP contribution in [0, 0.1) is 0 Å². The maximum Gasteiger partial charge on any atom is 0.0644 e. The van der Waals surface area contributed by atoms with Crippen LogP contribution in [-0.4, -0.2) is 39.2 Å². The molecule has 1 aromatic carbocycles. The van der Waals surface area contributed by atoms with Gasteiger partial charge in [-0.05, 0) is 24.6 Å². The van der Waals surface area contributed by atoms with Crippen LogP contribution in [0.2, 0.25) is 0 Å². The highest BCUT2D eigenvalue weighted by molar-refractivity contribution is 5.80. The van der Waals surface area contributed by atoms with Gasteiger partial charge in [0.1, 0.15) is 0 Å². The smallest absolute Gasteiger partial charge is 0.0644 e. The van der Waals surface area contributed by atoms with E-state index in [0.717, 1.165) is 31.7 Å². The van der Waals surface area contributed by atoms with E-state index in [0.29, 0.717) is 18.5 Å². The van der Waals surface area contributed by atoms with Gasteiger partial charge in [0.2, 0.25) is 0 Å². The van der Waals surface area contributed by atoms with Gasteiger partial charge in [0.15, 0.2) is 0 Å². The van der Waals surface area contributed by atoms with Gasteiger partial charge >= 0.3 is 0 Å². The number of nitrogens with zero attached hydrogens (tertiary/aromatic N) is 2. The van der Waals surface area contributed by atoms with E-state index >= 15 is 0 Å². The lowest BCUT2D eigenvalue weighted by Gasteiger charge is -2.39. The summed E-state index contributed by atoms with van der Waals surface area (Å²) in [6.45, 7) is 1.43. The molecule has 0 spiro atoms. The van der Waals surface area contributed by atoms with E-state index in [4.69, 9.17) is 4.11 Å². The fourth-order valence-electron chi connectivity index (χ4n) is 3.69. The first-order valence-corrected chi connectivity index (χ1v) is 6.45. The normalized spacial score (nSPS) is 33.5. The number of piperidine rings is 1. The average molecular weight is 232 g/mol. The van der Waals surface area contributed by atoms with E-state index in [1.54, 1.807) is 4.90 Å². The number of benzene rings is 1. The van der Waals surface area contributed by atoms with Crippen molar-refractivity contribution in [2.24, 2.45) is 0 Å². The average Bonchev–Trinajstić information content (AvgIpc) is 2.75. The van der Waals surface area contributed by atoms with E-state index in [1.165, 1.54) is 11.3 Å². The van der Waals surface area contributed by atoms with Gasteiger partial charge in [-0.25, -0.2) is 0 Å². The van der Waals surface area contributed by atoms with Crippen LogP contribution in [0.4, 0.5) is 11.4 Å². The monoisotopic (exact) mass is 232 g/mol. The molecular formula is C14H19N3. The van der Waals surface area contributed by atoms with E-state index < -0.39 is 6.98 Å². The number of rotatable bonds is 0. The van der Waals surface area contributed by atoms with Crippen molar-refractivity contribution in [3.8, 4) is 0 Å². The summed E-state index contributed by atoms with van der Waals surface area (Å²) >= 11 is 0. The molecule has 3 aliphatic rings. The minimum atomic E-state index is -2.05. The van der Waals surface area contributed by atoms with Gasteiger partial charge in [0.25, 0.3) is 0 Å². The first-order valence-electron chi connectivity index (χ1n) is 7.95. The van der Waals surface area contributed by atoms with Crippen LogP contribution in [0.25, 0.3) is 0 Å². The van der Waals surface area contributed by atoms with Gasteiger partial charge in [-0.3, -0.25) is 0 Å². The molecule has 0 amide bonds. The van der Waals surface area contributed by atoms with Gasteiger partial charge in [-0.2, -0.15) is 0 Å². The summed E-state index contributed by atoms with van der Waals surface area (Å²) in [6.07, 6.45) is 1.15. The van der Waals surface area contributed by atoms with Crippen LogP contribution in [0.3, 0.4) is 0 Å². The second-order valence-corrected chi connectivity index (χ2v) is 5.23. The molecule has 0 aromatic heterocycles. The van der Waals surface area contributed by atoms with Crippen molar-refractivity contribution in [1.29, 1.82) is 0 Å². The molecule has 0 saturated carbocycles. The highest BCUT2D eigenvalue weighted by Gasteiger charge is 2.42. The maximum atomic E-state index is 7.74. The zero-order valence-electron chi connectivity index (χ0n) is 12.8. The Morgan fingerprint density at radius 3 is 3.35 bits per heavy atom. The maximum absolute atomic E-state index is 7.74. The Morgan fingerprint density at radius 1 is 1.41 bits per heavy atom. The van der Waals surface area contributed by atoms with Crippen LogP contribution in [0.5, 0.6) is 0 Å². The molecule has 4 rings (SSSR count). The Balaban J connectivity index is 1.84. The lowest BCUT2D eigenvalue weighted by atomic mass is 9.90. The van der Waals surface area contributed by atoms with Crippen LogP contribution >= 0.6 is 0 Å². The van der Waals surface area contributed by atoms with Crippen LogP contribution in [0.1, 0.15) is 22.0 Å². The van der Waals surface area contributed by atoms with Gasteiger partial charge in [-0.15, -0.1) is 0 Å². The summed E-state index contributed by atoms with van der Waals surface area (Å²) < 4.78 is 23.2. The molecule has 0 unspecified atom stereocenters. The molecule has 0 radical (unpaired) electrons. The molecule has 1 N–H and O–H groups in total. The van der Waals surface area contributed by atoms with Crippen molar-refractivity contribution in [2.45, 2.75) is 18.4 Å². The molecule has 1 fully saturated rings.